The van der Waals surface area contributed by atoms with Crippen molar-refractivity contribution in [2.45, 2.75) is 25.8 Å². The molecule has 1 aromatic carbocycles. The van der Waals surface area contributed by atoms with Gasteiger partial charge in [0.1, 0.15) is 23.2 Å². The van der Waals surface area contributed by atoms with Crippen LogP contribution in [0.5, 0.6) is 0 Å². The Morgan fingerprint density at radius 1 is 1.25 bits per heavy atom. The summed E-state index contributed by atoms with van der Waals surface area (Å²) < 4.78 is 1.87. The molecule has 2 amide bonds. The molecule has 1 aliphatic heterocycles. The fraction of sp³-hybridized carbons (Fsp3) is 0.222. The first-order chi connectivity index (χ1) is 17.4. The summed E-state index contributed by atoms with van der Waals surface area (Å²) in [6, 6.07) is 12.1. The normalized spacial score (nSPS) is 15.2. The smallest absolute Gasteiger partial charge is 0.299 e. The number of carbonyl (C=O) groups excluding carboxylic acids is 2. The summed E-state index contributed by atoms with van der Waals surface area (Å²) in [7, 11) is 1.85. The monoisotopic (exact) mass is 481 g/mol. The molecule has 0 bridgehead atoms. The second-order valence-electron chi connectivity index (χ2n) is 8.20. The van der Waals surface area contributed by atoms with Gasteiger partial charge in [0.15, 0.2) is 0 Å². The van der Waals surface area contributed by atoms with Gasteiger partial charge in [0, 0.05) is 37.1 Å². The van der Waals surface area contributed by atoms with Gasteiger partial charge < -0.3 is 20.5 Å². The zero-order valence-electron chi connectivity index (χ0n) is 20.2. The van der Waals surface area contributed by atoms with Crippen LogP contribution < -0.4 is 11.1 Å². The van der Waals surface area contributed by atoms with E-state index >= 15 is 0 Å². The van der Waals surface area contributed by atoms with E-state index in [1.54, 1.807) is 48.4 Å². The molecule has 0 spiro atoms. The van der Waals surface area contributed by atoms with E-state index in [4.69, 9.17) is 10.7 Å². The lowest BCUT2D eigenvalue weighted by Crippen LogP contribution is -2.31. The summed E-state index contributed by atoms with van der Waals surface area (Å²) in [6.45, 7) is 5.91. The Morgan fingerprint density at radius 3 is 2.69 bits per heavy atom. The molecule has 2 aromatic heterocycles. The Labute approximate surface area is 209 Å². The third-order valence-electron chi connectivity index (χ3n) is 5.97. The molecule has 1 saturated heterocycles. The first kappa shape index (κ1) is 24.4. The molecular formula is C27H27N7O2. The van der Waals surface area contributed by atoms with Crippen LogP contribution in [0, 0.1) is 11.8 Å². The Morgan fingerprint density at radius 2 is 2.03 bits per heavy atom. The quantitative estimate of drug-likeness (QED) is 0.318. The number of likely N-dealkylation sites (tertiary alicyclic amines) is 1. The third-order valence-corrected chi connectivity index (χ3v) is 5.97. The van der Waals surface area contributed by atoms with E-state index in [0.717, 1.165) is 18.4 Å². The van der Waals surface area contributed by atoms with Crippen LogP contribution in [0.3, 0.4) is 0 Å². The van der Waals surface area contributed by atoms with E-state index < -0.39 is 0 Å². The van der Waals surface area contributed by atoms with Gasteiger partial charge in [0.25, 0.3) is 11.8 Å². The summed E-state index contributed by atoms with van der Waals surface area (Å²) in [5.74, 6) is 6.25. The third kappa shape index (κ3) is 4.88. The number of anilines is 1. The van der Waals surface area contributed by atoms with Gasteiger partial charge in [-0.3, -0.25) is 9.59 Å². The molecule has 1 aliphatic rings. The van der Waals surface area contributed by atoms with E-state index in [1.165, 1.54) is 6.20 Å². The lowest BCUT2D eigenvalue weighted by atomic mass is 10.1. The van der Waals surface area contributed by atoms with Crippen LogP contribution in [-0.2, 0) is 11.8 Å². The minimum absolute atomic E-state index is 0.220. The number of aliphatic imine (C=N–C) groups is 1. The number of nitrogens with two attached hydrogens (primary N) is 1. The van der Waals surface area contributed by atoms with Crippen molar-refractivity contribution in [1.29, 1.82) is 0 Å². The van der Waals surface area contributed by atoms with Gasteiger partial charge in [0.05, 0.1) is 11.7 Å². The molecule has 0 unspecified atom stereocenters. The maximum atomic E-state index is 12.6. The molecule has 4 rings (SSSR count). The molecule has 9 nitrogen and oxygen atoms in total. The van der Waals surface area contributed by atoms with E-state index in [1.807, 2.05) is 23.7 Å². The average Bonchev–Trinajstić information content (AvgIpc) is 3.49. The van der Waals surface area contributed by atoms with Crippen molar-refractivity contribution < 1.29 is 9.59 Å². The van der Waals surface area contributed by atoms with Crippen molar-refractivity contribution in [3.05, 3.63) is 78.5 Å². The van der Waals surface area contributed by atoms with Crippen molar-refractivity contribution in [3.63, 3.8) is 0 Å². The van der Waals surface area contributed by atoms with Crippen molar-refractivity contribution in [3.8, 4) is 23.1 Å². The minimum atomic E-state index is -0.271. The summed E-state index contributed by atoms with van der Waals surface area (Å²) in [6.07, 6.45) is 4.61. The van der Waals surface area contributed by atoms with E-state index in [9.17, 15) is 9.59 Å². The van der Waals surface area contributed by atoms with Gasteiger partial charge in [-0.15, -0.1) is 0 Å². The van der Waals surface area contributed by atoms with Crippen LogP contribution in [0.4, 0.5) is 5.82 Å². The molecule has 0 aliphatic carbocycles. The Kier molecular flexibility index (Phi) is 7.25. The molecular weight excluding hydrogens is 454 g/mol. The number of imidazole rings is 1. The van der Waals surface area contributed by atoms with Crippen molar-refractivity contribution >= 4 is 23.5 Å². The summed E-state index contributed by atoms with van der Waals surface area (Å²) in [5, 5.41) is 2.77. The number of benzene rings is 1. The lowest BCUT2D eigenvalue weighted by molar-refractivity contribution is -0.126. The van der Waals surface area contributed by atoms with Crippen LogP contribution >= 0.6 is 0 Å². The Hall–Kier alpha value is -4.71. The van der Waals surface area contributed by atoms with Crippen LogP contribution in [-0.4, -0.2) is 43.6 Å². The van der Waals surface area contributed by atoms with Crippen molar-refractivity contribution in [2.24, 2.45) is 17.8 Å². The van der Waals surface area contributed by atoms with Gasteiger partial charge in [-0.1, -0.05) is 30.7 Å². The SMILES string of the molecule is C=C/N=C(/N)c1c(-c2ccc(C(=O)Nc3ccccn3)cc2)nc([C@@H]2CCCN2C(=O)C#CC)n1C. The zero-order valence-corrected chi connectivity index (χ0v) is 20.2. The first-order valence-corrected chi connectivity index (χ1v) is 11.5. The number of amidine groups is 1. The van der Waals surface area contributed by atoms with Crippen LogP contribution in [0.2, 0.25) is 0 Å². The molecule has 36 heavy (non-hydrogen) atoms. The van der Waals surface area contributed by atoms with E-state index in [2.05, 4.69) is 33.7 Å². The zero-order chi connectivity index (χ0) is 25.7. The van der Waals surface area contributed by atoms with E-state index in [0.29, 0.717) is 35.1 Å². The molecule has 182 valence electrons. The van der Waals surface area contributed by atoms with E-state index in [-0.39, 0.29) is 23.7 Å². The number of carbonyl (C=O) groups is 2. The highest BCUT2D eigenvalue weighted by Gasteiger charge is 2.34. The number of hydrogen-bond donors (Lipinski definition) is 2. The molecule has 3 aromatic rings. The topological polar surface area (TPSA) is 118 Å². The predicted molar refractivity (Wildman–Crippen MR) is 139 cm³/mol. The second-order valence-corrected chi connectivity index (χ2v) is 8.20. The van der Waals surface area contributed by atoms with Crippen molar-refractivity contribution in [1.82, 2.24) is 19.4 Å². The van der Waals surface area contributed by atoms with Crippen LogP contribution in [0.1, 0.15) is 47.7 Å². The molecule has 3 N–H and O–H groups in total. The molecule has 1 fully saturated rings. The fourth-order valence-electron chi connectivity index (χ4n) is 4.33. The molecule has 1 atom stereocenters. The standard InChI is InChI=1S/C27H27N7O2/c1-4-9-22(35)34-17-8-10-20(34)26-32-23(24(33(26)3)25(28)29-5-2)18-12-14-19(15-13-18)27(36)31-21-11-6-7-16-30-21/h5-7,11-16,20H,2,8,10,17H2,1,3H3,(H2,28,29)(H,30,31,36)/t20-/m0/s1. The summed E-state index contributed by atoms with van der Waals surface area (Å²) >= 11 is 0. The van der Waals surface area contributed by atoms with Gasteiger partial charge in [-0.05, 0) is 50.0 Å². The maximum absolute atomic E-state index is 12.6. The molecule has 0 saturated carbocycles. The number of amides is 2. The number of nitrogens with one attached hydrogen (secondary N) is 1. The molecule has 9 heteroatoms. The van der Waals surface area contributed by atoms with Crippen LogP contribution in [0.25, 0.3) is 11.3 Å². The van der Waals surface area contributed by atoms with Gasteiger partial charge in [-0.25, -0.2) is 15.0 Å². The van der Waals surface area contributed by atoms with Crippen molar-refractivity contribution in [2.75, 3.05) is 11.9 Å². The van der Waals surface area contributed by atoms with Crippen LogP contribution in [0.15, 0.2) is 66.4 Å². The van der Waals surface area contributed by atoms with Gasteiger partial charge in [0.2, 0.25) is 0 Å². The highest BCUT2D eigenvalue weighted by Crippen LogP contribution is 2.34. The number of hydrogen-bond acceptors (Lipinski definition) is 5. The largest absolute Gasteiger partial charge is 0.382 e. The lowest BCUT2D eigenvalue weighted by Gasteiger charge is -2.22. The Balaban J connectivity index is 1.70. The summed E-state index contributed by atoms with van der Waals surface area (Å²) in [4.78, 5) is 40.2. The highest BCUT2D eigenvalue weighted by molar-refractivity contribution is 6.05. The average molecular weight is 482 g/mol. The van der Waals surface area contributed by atoms with Gasteiger partial charge in [-0.2, -0.15) is 0 Å². The number of aromatic nitrogens is 3. The predicted octanol–water partition coefficient (Wildman–Crippen LogP) is 3.27. The Bertz CT molecular complexity index is 1380. The minimum Gasteiger partial charge on any atom is -0.382 e. The number of pyridine rings is 1. The first-order valence-electron chi connectivity index (χ1n) is 11.5. The maximum Gasteiger partial charge on any atom is 0.299 e. The fourth-order valence-corrected chi connectivity index (χ4v) is 4.33. The number of nitrogens with zero attached hydrogens (tertiary/aromatic N) is 5. The summed E-state index contributed by atoms with van der Waals surface area (Å²) in [5.41, 5.74) is 8.75. The molecule has 3 heterocycles. The highest BCUT2D eigenvalue weighted by atomic mass is 16.2. The molecule has 0 radical (unpaired) electrons. The van der Waals surface area contributed by atoms with Gasteiger partial charge >= 0.3 is 0 Å². The second kappa shape index (κ2) is 10.7. The number of rotatable bonds is 6.